The van der Waals surface area contributed by atoms with Gasteiger partial charge in [0.2, 0.25) is 5.78 Å². The van der Waals surface area contributed by atoms with Crippen molar-refractivity contribution in [1.29, 1.82) is 0 Å². The summed E-state index contributed by atoms with van der Waals surface area (Å²) < 4.78 is 0.768. The third kappa shape index (κ3) is 3.82. The highest BCUT2D eigenvalue weighted by atomic mass is 32.1. The van der Waals surface area contributed by atoms with E-state index in [1.54, 1.807) is 44.2 Å². The lowest BCUT2D eigenvalue weighted by molar-refractivity contribution is -0.139. The number of piperidine rings is 1. The summed E-state index contributed by atoms with van der Waals surface area (Å²) in [5.41, 5.74) is 0.710. The number of ketones is 1. The number of aliphatic imine (C=N–C) groups is 1. The molecule has 192 valence electrons. The third-order valence-corrected chi connectivity index (χ3v) is 7.74. The number of aryl methyl sites for hydroxylation is 2. The molecule has 39 heavy (non-hydrogen) atoms. The lowest BCUT2D eigenvalue weighted by atomic mass is 9.90. The average Bonchev–Trinajstić information content (AvgIpc) is 3.35. The summed E-state index contributed by atoms with van der Waals surface area (Å²) in [4.78, 5) is 76.4. The van der Waals surface area contributed by atoms with Crippen LogP contribution in [0.25, 0.3) is 21.0 Å². The second-order valence-electron chi connectivity index (χ2n) is 9.11. The van der Waals surface area contributed by atoms with Crippen LogP contribution >= 0.6 is 11.3 Å². The summed E-state index contributed by atoms with van der Waals surface area (Å²) in [7, 11) is 0. The molecule has 6 rings (SSSR count). The quantitative estimate of drug-likeness (QED) is 0.266. The van der Waals surface area contributed by atoms with Crippen molar-refractivity contribution in [2.24, 2.45) is 4.99 Å². The van der Waals surface area contributed by atoms with Crippen LogP contribution in [0, 0.1) is 13.8 Å². The molecule has 2 aromatic heterocycles. The normalized spacial score (nSPS) is 17.1. The monoisotopic (exact) mass is 537 g/mol. The molecule has 0 bridgehead atoms. The van der Waals surface area contributed by atoms with Crippen molar-refractivity contribution in [3.05, 3.63) is 97.5 Å². The van der Waals surface area contributed by atoms with Crippen molar-refractivity contribution in [2.75, 3.05) is 4.90 Å². The van der Waals surface area contributed by atoms with E-state index >= 15 is 0 Å². The van der Waals surface area contributed by atoms with E-state index < -0.39 is 34.6 Å². The number of aromatic nitrogens is 3. The summed E-state index contributed by atoms with van der Waals surface area (Å²) in [5.74, 6) is -4.06. The molecule has 1 aliphatic heterocycles. The number of benzene rings is 3. The number of anilines is 1. The molecule has 3 heterocycles. The van der Waals surface area contributed by atoms with E-state index in [1.807, 2.05) is 12.1 Å². The van der Waals surface area contributed by atoms with Crippen LogP contribution in [0.3, 0.4) is 0 Å². The fourth-order valence-electron chi connectivity index (χ4n) is 4.84. The number of rotatable bonds is 3. The average molecular weight is 538 g/mol. The molecule has 11 heteroatoms. The van der Waals surface area contributed by atoms with Crippen molar-refractivity contribution < 1.29 is 14.4 Å². The Morgan fingerprint density at radius 2 is 1.51 bits per heavy atom. The highest BCUT2D eigenvalue weighted by Crippen LogP contribution is 2.36. The minimum Gasteiger partial charge on any atom is -0.287 e. The fraction of sp³-hybridized carbons (Fsp3) is 0.107. The maximum absolute atomic E-state index is 14.1. The zero-order chi connectivity index (χ0) is 27.4. The summed E-state index contributed by atoms with van der Waals surface area (Å²) in [5, 5.41) is 4.78. The molecule has 1 atom stereocenters. The van der Waals surface area contributed by atoms with Gasteiger partial charge in [0.05, 0.1) is 32.4 Å². The van der Waals surface area contributed by atoms with Gasteiger partial charge in [-0.1, -0.05) is 36.4 Å². The minimum absolute atomic E-state index is 0.0120. The molecule has 0 spiro atoms. The number of thiazole rings is 1. The Bertz CT molecular complexity index is 1970. The number of hydrogen-bond acceptors (Lipinski definition) is 8. The Kier molecular flexibility index (Phi) is 5.65. The summed E-state index contributed by atoms with van der Waals surface area (Å²) in [6.07, 6.45) is 0. The van der Waals surface area contributed by atoms with Gasteiger partial charge < -0.3 is 0 Å². The van der Waals surface area contributed by atoms with Crippen LogP contribution in [0.15, 0.2) is 75.2 Å². The number of aromatic amines is 2. The van der Waals surface area contributed by atoms with E-state index in [2.05, 4.69) is 20.2 Å². The first-order valence-electron chi connectivity index (χ1n) is 11.9. The number of para-hydroxylation sites is 2. The van der Waals surface area contributed by atoms with Gasteiger partial charge in [-0.15, -0.1) is 11.3 Å². The number of H-pyrrole nitrogens is 2. The van der Waals surface area contributed by atoms with Crippen LogP contribution < -0.4 is 16.0 Å². The molecule has 0 unspecified atom stereocenters. The van der Waals surface area contributed by atoms with Gasteiger partial charge in [0.1, 0.15) is 16.6 Å². The second-order valence-corrected chi connectivity index (χ2v) is 10.2. The summed E-state index contributed by atoms with van der Waals surface area (Å²) in [6, 6.07) is 16.9. The first-order chi connectivity index (χ1) is 18.8. The molecule has 10 nitrogen and oxygen atoms in total. The molecule has 3 aromatic carbocycles. The predicted octanol–water partition coefficient (Wildman–Crippen LogP) is 3.44. The second kappa shape index (κ2) is 9.07. The molecule has 1 aliphatic rings. The first-order valence-corrected chi connectivity index (χ1v) is 12.7. The number of carbonyl (C=O) groups excluding carboxylic acids is 3. The Labute approximate surface area is 223 Å². The Morgan fingerprint density at radius 1 is 0.821 bits per heavy atom. The number of carbonyl (C=O) groups is 3. The zero-order valence-corrected chi connectivity index (χ0v) is 21.5. The number of hydrogen-bond donors (Lipinski definition) is 2. The number of Topliss-reactive ketones (excluding diaryl/α,β-unsaturated/α-hetero) is 1. The molecule has 2 N–H and O–H groups in total. The largest absolute Gasteiger partial charge is 0.302 e. The maximum atomic E-state index is 14.1. The van der Waals surface area contributed by atoms with Gasteiger partial charge >= 0.3 is 5.91 Å². The smallest absolute Gasteiger partial charge is 0.287 e. The summed E-state index contributed by atoms with van der Waals surface area (Å²) >= 11 is 1.18. The number of amides is 2. The number of nitrogens with one attached hydrogen (secondary N) is 2. The van der Waals surface area contributed by atoms with Crippen molar-refractivity contribution >= 4 is 67.0 Å². The van der Waals surface area contributed by atoms with Crippen molar-refractivity contribution in [1.82, 2.24) is 15.2 Å². The topological polar surface area (TPSA) is 145 Å². The van der Waals surface area contributed by atoms with Crippen molar-refractivity contribution in [3.63, 3.8) is 0 Å². The van der Waals surface area contributed by atoms with Gasteiger partial charge in [-0.05, 0) is 49.2 Å². The molecule has 1 saturated heterocycles. The van der Waals surface area contributed by atoms with E-state index in [0.717, 1.165) is 9.60 Å². The predicted molar refractivity (Wildman–Crippen MR) is 148 cm³/mol. The Morgan fingerprint density at radius 3 is 2.26 bits per heavy atom. The number of fused-ring (bicyclic) bond motifs is 2. The number of imide groups is 1. The van der Waals surface area contributed by atoms with Gasteiger partial charge in [0, 0.05) is 0 Å². The van der Waals surface area contributed by atoms with Gasteiger partial charge in [-0.25, -0.2) is 14.9 Å². The van der Waals surface area contributed by atoms with Crippen LogP contribution in [0.5, 0.6) is 0 Å². The SMILES string of the molecule is Cc1cccc(C)c1N1C(=O)C(=O)[C@@H](c2nc3ccccc3s2)C(=Nc2cccc3c(=O)[nH][nH]c(=O)c23)C1=O. The van der Waals surface area contributed by atoms with Crippen LogP contribution in [0.4, 0.5) is 11.4 Å². The minimum atomic E-state index is -1.39. The van der Waals surface area contributed by atoms with Crippen molar-refractivity contribution in [3.8, 4) is 0 Å². The van der Waals surface area contributed by atoms with Gasteiger partial charge in [0.25, 0.3) is 17.0 Å². The molecule has 5 aromatic rings. The van der Waals surface area contributed by atoms with E-state index in [-0.39, 0.29) is 27.2 Å². The van der Waals surface area contributed by atoms with Gasteiger partial charge in [-0.2, -0.15) is 0 Å². The van der Waals surface area contributed by atoms with Gasteiger partial charge in [0.15, 0.2) is 0 Å². The van der Waals surface area contributed by atoms with E-state index in [9.17, 15) is 24.0 Å². The lowest BCUT2D eigenvalue weighted by Gasteiger charge is -2.31. The van der Waals surface area contributed by atoms with Crippen LogP contribution in [0.2, 0.25) is 0 Å². The molecular formula is C28H19N5O5S. The highest BCUT2D eigenvalue weighted by Gasteiger charge is 2.49. The standard InChI is InChI=1S/C28H19N5O5S/c1-13-7-5-8-14(2)22(13)33-27(37)21(29-17-11-6-9-15-19(17)25(36)32-31-24(15)35)20(23(34)28(33)38)26-30-16-10-3-4-12-18(16)39-26/h3-12,20H,1-2H3,(H,31,35)(H,32,36)/t20-/m0/s1. The van der Waals surface area contributed by atoms with Gasteiger partial charge in [-0.3, -0.25) is 34.2 Å². The van der Waals surface area contributed by atoms with Crippen LogP contribution in [-0.2, 0) is 14.4 Å². The third-order valence-electron chi connectivity index (χ3n) is 6.64. The Hall–Kier alpha value is -5.03. The maximum Gasteiger partial charge on any atom is 0.302 e. The zero-order valence-electron chi connectivity index (χ0n) is 20.6. The number of nitrogens with zero attached hydrogens (tertiary/aromatic N) is 3. The van der Waals surface area contributed by atoms with Crippen molar-refractivity contribution in [2.45, 2.75) is 19.8 Å². The summed E-state index contributed by atoms with van der Waals surface area (Å²) in [6.45, 7) is 3.47. The van der Waals surface area contributed by atoms with Crippen LogP contribution in [0.1, 0.15) is 22.1 Å². The van der Waals surface area contributed by atoms with E-state index in [4.69, 9.17) is 0 Å². The molecule has 1 fully saturated rings. The fourth-order valence-corrected chi connectivity index (χ4v) is 5.91. The molecular weight excluding hydrogens is 518 g/mol. The molecule has 0 aliphatic carbocycles. The van der Waals surface area contributed by atoms with E-state index in [0.29, 0.717) is 22.3 Å². The molecule has 0 radical (unpaired) electrons. The van der Waals surface area contributed by atoms with E-state index in [1.165, 1.54) is 29.5 Å². The molecule has 0 saturated carbocycles. The first kappa shape index (κ1) is 24.3. The lowest BCUT2D eigenvalue weighted by Crippen LogP contribution is -2.55. The Balaban J connectivity index is 1.64. The molecule has 2 amide bonds. The highest BCUT2D eigenvalue weighted by molar-refractivity contribution is 7.19. The van der Waals surface area contributed by atoms with Crippen LogP contribution in [-0.4, -0.2) is 38.5 Å².